The largest absolute Gasteiger partial charge is 0.315 e. The average Bonchev–Trinajstić information content (AvgIpc) is 2.75. The third-order valence-corrected chi connectivity index (χ3v) is 5.13. The lowest BCUT2D eigenvalue weighted by Crippen LogP contribution is -2.24. The normalized spacial score (nSPS) is 12.9. The van der Waals surface area contributed by atoms with Crippen LogP contribution in [-0.2, 0) is 15.4 Å². The highest BCUT2D eigenvalue weighted by Gasteiger charge is 2.19. The van der Waals surface area contributed by atoms with E-state index >= 15 is 0 Å². The fraction of sp³-hybridized carbons (Fsp3) is 0.786. The Hall–Kier alpha value is -0.660. The minimum atomic E-state index is -3.30. The van der Waals surface area contributed by atoms with E-state index in [-0.39, 0.29) is 11.2 Å². The van der Waals surface area contributed by atoms with Crippen LogP contribution in [0, 0.1) is 0 Å². The van der Waals surface area contributed by atoms with Gasteiger partial charge in [0.25, 0.3) is 0 Å². The Morgan fingerprint density at radius 2 is 1.95 bits per heavy atom. The Morgan fingerprint density at radius 1 is 1.29 bits per heavy atom. The molecule has 0 bridgehead atoms. The quantitative estimate of drug-likeness (QED) is 0.718. The first-order valence-corrected chi connectivity index (χ1v) is 9.83. The number of rotatable bonds is 8. The predicted molar refractivity (Wildman–Crippen MR) is 90.6 cm³/mol. The van der Waals surface area contributed by atoms with E-state index in [2.05, 4.69) is 49.6 Å². The maximum atomic E-state index is 12.0. The topological polar surface area (TPSA) is 71.1 Å². The molecule has 0 atom stereocenters. The second-order valence-corrected chi connectivity index (χ2v) is 9.22. The summed E-state index contributed by atoms with van der Waals surface area (Å²) >= 11 is 1.34. The summed E-state index contributed by atoms with van der Waals surface area (Å²) in [6.45, 7) is 11.2. The molecule has 0 amide bonds. The van der Waals surface area contributed by atoms with Crippen LogP contribution in [0.2, 0.25) is 0 Å². The van der Waals surface area contributed by atoms with Gasteiger partial charge in [0.05, 0.1) is 11.4 Å². The summed E-state index contributed by atoms with van der Waals surface area (Å²) in [5.74, 6) is 0.136. The van der Waals surface area contributed by atoms with Gasteiger partial charge in [0.2, 0.25) is 10.0 Å². The zero-order valence-corrected chi connectivity index (χ0v) is 15.2. The highest BCUT2D eigenvalue weighted by molar-refractivity contribution is 7.92. The number of aromatic nitrogens is 1. The lowest BCUT2D eigenvalue weighted by atomic mass is 9.93. The highest BCUT2D eigenvalue weighted by atomic mass is 32.2. The number of hydrogen-bond acceptors (Lipinski definition) is 5. The van der Waals surface area contributed by atoms with Gasteiger partial charge in [-0.1, -0.05) is 34.6 Å². The minimum Gasteiger partial charge on any atom is -0.315 e. The standard InChI is InChI=1S/C14H27N3O2S2/c1-11(2)15-8-6-7-9-21(18,19)17-13-16-12(10-20-13)14(3,4)5/h10-11,15H,6-9H2,1-5H3,(H,16,17). The van der Waals surface area contributed by atoms with Crippen LogP contribution in [-0.4, -0.2) is 31.7 Å². The van der Waals surface area contributed by atoms with Gasteiger partial charge < -0.3 is 5.32 Å². The van der Waals surface area contributed by atoms with Gasteiger partial charge in [0.1, 0.15) is 0 Å². The molecule has 0 spiro atoms. The van der Waals surface area contributed by atoms with Gasteiger partial charge in [0, 0.05) is 16.8 Å². The molecule has 0 aliphatic heterocycles. The number of sulfonamides is 1. The number of nitrogens with zero attached hydrogens (tertiary/aromatic N) is 1. The molecule has 1 aromatic heterocycles. The molecule has 2 N–H and O–H groups in total. The molecule has 1 heterocycles. The number of nitrogens with one attached hydrogen (secondary N) is 2. The summed E-state index contributed by atoms with van der Waals surface area (Å²) < 4.78 is 26.6. The van der Waals surface area contributed by atoms with Crippen LogP contribution in [0.15, 0.2) is 5.38 Å². The maximum absolute atomic E-state index is 12.0. The predicted octanol–water partition coefficient (Wildman–Crippen LogP) is 2.96. The minimum absolute atomic E-state index is 0.0668. The molecule has 1 rings (SSSR count). The monoisotopic (exact) mass is 333 g/mol. The summed E-state index contributed by atoms with van der Waals surface area (Å²) in [5, 5.41) is 5.64. The van der Waals surface area contributed by atoms with E-state index in [1.807, 2.05) is 5.38 Å². The molecule has 1 aromatic rings. The van der Waals surface area contributed by atoms with Crippen molar-refractivity contribution in [3.05, 3.63) is 11.1 Å². The summed E-state index contributed by atoms with van der Waals surface area (Å²) in [6, 6.07) is 0.436. The van der Waals surface area contributed by atoms with Crippen LogP contribution in [0.3, 0.4) is 0 Å². The van der Waals surface area contributed by atoms with Crippen LogP contribution < -0.4 is 10.0 Å². The first-order chi connectivity index (χ1) is 9.60. The molecule has 0 saturated heterocycles. The Bertz CT molecular complexity index is 531. The summed E-state index contributed by atoms with van der Waals surface area (Å²) in [6.07, 6.45) is 1.50. The van der Waals surface area contributed by atoms with Crippen molar-refractivity contribution in [2.75, 3.05) is 17.0 Å². The molecule has 0 fully saturated rings. The van der Waals surface area contributed by atoms with Crippen LogP contribution in [0.1, 0.15) is 53.2 Å². The van der Waals surface area contributed by atoms with Crippen molar-refractivity contribution >= 4 is 26.5 Å². The van der Waals surface area contributed by atoms with Gasteiger partial charge >= 0.3 is 0 Å². The second-order valence-electron chi connectivity index (χ2n) is 6.52. The first-order valence-electron chi connectivity index (χ1n) is 7.30. The van der Waals surface area contributed by atoms with Crippen molar-refractivity contribution in [2.45, 2.75) is 58.9 Å². The van der Waals surface area contributed by atoms with Crippen molar-refractivity contribution in [2.24, 2.45) is 0 Å². The van der Waals surface area contributed by atoms with Crippen LogP contribution in [0.5, 0.6) is 0 Å². The zero-order chi connectivity index (χ0) is 16.1. The Labute approximate surface area is 132 Å². The second kappa shape index (κ2) is 7.56. The lowest BCUT2D eigenvalue weighted by Gasteiger charge is -2.14. The fourth-order valence-corrected chi connectivity index (χ4v) is 4.01. The van der Waals surface area contributed by atoms with E-state index in [1.54, 1.807) is 0 Å². The van der Waals surface area contributed by atoms with E-state index in [0.717, 1.165) is 18.7 Å². The molecule has 7 heteroatoms. The molecule has 0 saturated carbocycles. The Balaban J connectivity index is 2.44. The molecule has 21 heavy (non-hydrogen) atoms. The third-order valence-electron chi connectivity index (χ3n) is 2.91. The third kappa shape index (κ3) is 7.24. The van der Waals surface area contributed by atoms with Crippen molar-refractivity contribution in [1.29, 1.82) is 0 Å². The number of anilines is 1. The molecule has 0 unspecified atom stereocenters. The van der Waals surface area contributed by atoms with Crippen molar-refractivity contribution < 1.29 is 8.42 Å². The fourth-order valence-electron chi connectivity index (χ4n) is 1.66. The van der Waals surface area contributed by atoms with Crippen LogP contribution in [0.4, 0.5) is 5.13 Å². The van der Waals surface area contributed by atoms with E-state index in [0.29, 0.717) is 17.6 Å². The molecule has 0 aliphatic carbocycles. The molecule has 122 valence electrons. The maximum Gasteiger partial charge on any atom is 0.234 e. The molecule has 0 aromatic carbocycles. The number of thiazole rings is 1. The average molecular weight is 334 g/mol. The van der Waals surface area contributed by atoms with Gasteiger partial charge in [0.15, 0.2) is 5.13 Å². The Kier molecular flexibility index (Phi) is 6.62. The van der Waals surface area contributed by atoms with Gasteiger partial charge in [-0.2, -0.15) is 0 Å². The van der Waals surface area contributed by atoms with Crippen molar-refractivity contribution in [1.82, 2.24) is 10.3 Å². The van der Waals surface area contributed by atoms with E-state index in [4.69, 9.17) is 0 Å². The highest BCUT2D eigenvalue weighted by Crippen LogP contribution is 2.26. The van der Waals surface area contributed by atoms with Gasteiger partial charge in [-0.25, -0.2) is 13.4 Å². The van der Waals surface area contributed by atoms with E-state index in [1.165, 1.54) is 11.3 Å². The lowest BCUT2D eigenvalue weighted by molar-refractivity contribution is 0.560. The van der Waals surface area contributed by atoms with Gasteiger partial charge in [-0.05, 0) is 19.4 Å². The molecule has 5 nitrogen and oxygen atoms in total. The zero-order valence-electron chi connectivity index (χ0n) is 13.6. The summed E-state index contributed by atoms with van der Waals surface area (Å²) in [7, 11) is -3.30. The van der Waals surface area contributed by atoms with Crippen molar-refractivity contribution in [3.63, 3.8) is 0 Å². The van der Waals surface area contributed by atoms with E-state index < -0.39 is 10.0 Å². The smallest absolute Gasteiger partial charge is 0.234 e. The number of hydrogen-bond donors (Lipinski definition) is 2. The van der Waals surface area contributed by atoms with Gasteiger partial charge in [-0.15, -0.1) is 11.3 Å². The van der Waals surface area contributed by atoms with Gasteiger partial charge in [-0.3, -0.25) is 4.72 Å². The van der Waals surface area contributed by atoms with Crippen molar-refractivity contribution in [3.8, 4) is 0 Å². The summed E-state index contributed by atoms with van der Waals surface area (Å²) in [5.41, 5.74) is 0.842. The Morgan fingerprint density at radius 3 is 2.48 bits per heavy atom. The first kappa shape index (κ1) is 18.4. The summed E-state index contributed by atoms with van der Waals surface area (Å²) in [4.78, 5) is 4.35. The van der Waals surface area contributed by atoms with Crippen LogP contribution >= 0.6 is 11.3 Å². The molecular weight excluding hydrogens is 306 g/mol. The van der Waals surface area contributed by atoms with Crippen LogP contribution in [0.25, 0.3) is 0 Å². The molecule has 0 aliphatic rings. The molecular formula is C14H27N3O2S2. The number of unbranched alkanes of at least 4 members (excludes halogenated alkanes) is 1. The van der Waals surface area contributed by atoms with E-state index in [9.17, 15) is 8.42 Å². The SMILES string of the molecule is CC(C)NCCCCS(=O)(=O)Nc1nc(C(C)(C)C)cs1. The molecule has 0 radical (unpaired) electrons.